The molecular formula is C12H16N4S. The number of hydrogen-bond acceptors (Lipinski definition) is 5. The first kappa shape index (κ1) is 12.0. The van der Waals surface area contributed by atoms with E-state index in [0.29, 0.717) is 6.54 Å². The smallest absolute Gasteiger partial charge is 0.109 e. The van der Waals surface area contributed by atoms with Crippen LogP contribution < -0.4 is 11.1 Å². The average molecular weight is 248 g/mol. The van der Waals surface area contributed by atoms with Gasteiger partial charge in [0.1, 0.15) is 5.01 Å². The van der Waals surface area contributed by atoms with Crippen molar-refractivity contribution in [3.05, 3.63) is 40.6 Å². The quantitative estimate of drug-likeness (QED) is 0.852. The van der Waals surface area contributed by atoms with E-state index in [1.54, 1.807) is 17.5 Å². The van der Waals surface area contributed by atoms with Gasteiger partial charge in [-0.1, -0.05) is 6.92 Å². The molecule has 90 valence electrons. The minimum Gasteiger partial charge on any atom is -0.397 e. The molecule has 0 saturated carbocycles. The highest BCUT2D eigenvalue weighted by atomic mass is 32.1. The number of nitrogen functional groups attached to an aromatic ring is 1. The summed E-state index contributed by atoms with van der Waals surface area (Å²) in [4.78, 5) is 8.59. The van der Waals surface area contributed by atoms with E-state index >= 15 is 0 Å². The number of pyridine rings is 1. The van der Waals surface area contributed by atoms with Crippen LogP contribution in [0.3, 0.4) is 0 Å². The number of hydrogen-bond donors (Lipinski definition) is 2. The van der Waals surface area contributed by atoms with Crippen LogP contribution in [0.4, 0.5) is 5.69 Å². The summed E-state index contributed by atoms with van der Waals surface area (Å²) in [6.45, 7) is 2.81. The molecule has 0 aliphatic carbocycles. The molecular weight excluding hydrogens is 232 g/mol. The van der Waals surface area contributed by atoms with Gasteiger partial charge in [0.15, 0.2) is 0 Å². The van der Waals surface area contributed by atoms with E-state index in [-0.39, 0.29) is 6.04 Å². The molecule has 0 aliphatic rings. The summed E-state index contributed by atoms with van der Waals surface area (Å²) in [5.74, 6) is 0. The van der Waals surface area contributed by atoms with E-state index in [2.05, 4.69) is 22.2 Å². The molecule has 0 aromatic carbocycles. The van der Waals surface area contributed by atoms with Crippen molar-refractivity contribution in [1.29, 1.82) is 0 Å². The van der Waals surface area contributed by atoms with Crippen molar-refractivity contribution in [1.82, 2.24) is 15.3 Å². The summed E-state index contributed by atoms with van der Waals surface area (Å²) in [5.41, 5.74) is 7.47. The molecule has 0 amide bonds. The van der Waals surface area contributed by atoms with Crippen molar-refractivity contribution < 1.29 is 0 Å². The number of anilines is 1. The van der Waals surface area contributed by atoms with Gasteiger partial charge in [-0.05, 0) is 18.6 Å². The van der Waals surface area contributed by atoms with Crippen LogP contribution in [0.1, 0.15) is 30.1 Å². The fourth-order valence-corrected chi connectivity index (χ4v) is 2.43. The van der Waals surface area contributed by atoms with Gasteiger partial charge >= 0.3 is 0 Å². The summed E-state index contributed by atoms with van der Waals surface area (Å²) >= 11 is 1.67. The zero-order valence-electron chi connectivity index (χ0n) is 9.76. The maximum absolute atomic E-state index is 5.85. The van der Waals surface area contributed by atoms with E-state index < -0.39 is 0 Å². The summed E-state index contributed by atoms with van der Waals surface area (Å²) in [5, 5.41) is 6.54. The Morgan fingerprint density at radius 2 is 2.29 bits per heavy atom. The zero-order valence-corrected chi connectivity index (χ0v) is 10.6. The Labute approximate surface area is 105 Å². The van der Waals surface area contributed by atoms with Crippen molar-refractivity contribution in [2.75, 3.05) is 5.73 Å². The number of rotatable bonds is 5. The molecule has 0 bridgehead atoms. The molecule has 0 fully saturated rings. The largest absolute Gasteiger partial charge is 0.397 e. The lowest BCUT2D eigenvalue weighted by Gasteiger charge is -2.14. The van der Waals surface area contributed by atoms with E-state index in [4.69, 9.17) is 5.73 Å². The Morgan fingerprint density at radius 3 is 2.94 bits per heavy atom. The summed E-state index contributed by atoms with van der Waals surface area (Å²) in [6.07, 6.45) is 4.59. The lowest BCUT2D eigenvalue weighted by molar-refractivity contribution is 0.512. The standard InChI is InChI=1S/C12H16N4S/c1-2-10(12-15-6-7-17-12)16-8-11-9(13)4-3-5-14-11/h3-7,10,16H,2,8,13H2,1H3. The van der Waals surface area contributed by atoms with E-state index in [1.807, 2.05) is 23.7 Å². The fraction of sp³-hybridized carbons (Fsp3) is 0.333. The van der Waals surface area contributed by atoms with Crippen LogP contribution in [-0.4, -0.2) is 9.97 Å². The second-order valence-electron chi connectivity index (χ2n) is 3.75. The Morgan fingerprint density at radius 1 is 1.41 bits per heavy atom. The third kappa shape index (κ3) is 3.01. The Hall–Kier alpha value is -1.46. The second-order valence-corrected chi connectivity index (χ2v) is 4.68. The number of nitrogens with two attached hydrogens (primary N) is 1. The van der Waals surface area contributed by atoms with Crippen molar-refractivity contribution in [3.8, 4) is 0 Å². The van der Waals surface area contributed by atoms with Crippen molar-refractivity contribution in [2.45, 2.75) is 25.9 Å². The normalized spacial score (nSPS) is 12.5. The summed E-state index contributed by atoms with van der Waals surface area (Å²) < 4.78 is 0. The van der Waals surface area contributed by atoms with Crippen molar-refractivity contribution in [2.24, 2.45) is 0 Å². The van der Waals surface area contributed by atoms with Crippen LogP contribution in [0.2, 0.25) is 0 Å². The molecule has 2 aromatic heterocycles. The molecule has 1 unspecified atom stereocenters. The average Bonchev–Trinajstić information content (AvgIpc) is 2.86. The third-order valence-electron chi connectivity index (χ3n) is 2.60. The minimum absolute atomic E-state index is 0.274. The lowest BCUT2D eigenvalue weighted by atomic mass is 10.2. The number of nitrogens with zero attached hydrogens (tertiary/aromatic N) is 2. The number of aromatic nitrogens is 2. The van der Waals surface area contributed by atoms with Gasteiger partial charge < -0.3 is 11.1 Å². The lowest BCUT2D eigenvalue weighted by Crippen LogP contribution is -2.21. The first-order valence-electron chi connectivity index (χ1n) is 5.63. The second kappa shape index (κ2) is 5.75. The molecule has 17 heavy (non-hydrogen) atoms. The van der Waals surface area contributed by atoms with Crippen LogP contribution >= 0.6 is 11.3 Å². The van der Waals surface area contributed by atoms with Crippen LogP contribution in [0, 0.1) is 0 Å². The van der Waals surface area contributed by atoms with Gasteiger partial charge in [0.2, 0.25) is 0 Å². The predicted octanol–water partition coefficient (Wildman–Crippen LogP) is 2.36. The molecule has 0 aliphatic heterocycles. The molecule has 0 radical (unpaired) electrons. The van der Waals surface area contributed by atoms with E-state index in [9.17, 15) is 0 Å². The van der Waals surface area contributed by atoms with Gasteiger partial charge in [-0.15, -0.1) is 11.3 Å². The van der Waals surface area contributed by atoms with Crippen LogP contribution in [0.25, 0.3) is 0 Å². The molecule has 2 rings (SSSR count). The van der Waals surface area contributed by atoms with Crippen molar-refractivity contribution in [3.63, 3.8) is 0 Å². The van der Waals surface area contributed by atoms with Crippen LogP contribution in [0.15, 0.2) is 29.9 Å². The van der Waals surface area contributed by atoms with Gasteiger partial charge in [-0.25, -0.2) is 4.98 Å². The topological polar surface area (TPSA) is 63.8 Å². The maximum atomic E-state index is 5.85. The number of thiazole rings is 1. The third-order valence-corrected chi connectivity index (χ3v) is 3.49. The molecule has 2 heterocycles. The fourth-order valence-electron chi connectivity index (χ4n) is 1.63. The molecule has 0 spiro atoms. The van der Waals surface area contributed by atoms with E-state index in [0.717, 1.165) is 22.8 Å². The minimum atomic E-state index is 0.274. The Balaban J connectivity index is 2.00. The van der Waals surface area contributed by atoms with Crippen LogP contribution in [0.5, 0.6) is 0 Å². The van der Waals surface area contributed by atoms with Gasteiger partial charge in [0.25, 0.3) is 0 Å². The van der Waals surface area contributed by atoms with Gasteiger partial charge in [-0.3, -0.25) is 4.98 Å². The molecule has 1 atom stereocenters. The molecule has 5 heteroatoms. The molecule has 0 saturated heterocycles. The highest BCUT2D eigenvalue weighted by Crippen LogP contribution is 2.19. The van der Waals surface area contributed by atoms with E-state index in [1.165, 1.54) is 0 Å². The first-order valence-corrected chi connectivity index (χ1v) is 6.51. The Kier molecular flexibility index (Phi) is 4.06. The Bertz CT molecular complexity index is 455. The maximum Gasteiger partial charge on any atom is 0.109 e. The number of nitrogens with one attached hydrogen (secondary N) is 1. The van der Waals surface area contributed by atoms with Gasteiger partial charge in [-0.2, -0.15) is 0 Å². The predicted molar refractivity (Wildman–Crippen MR) is 70.6 cm³/mol. The monoisotopic (exact) mass is 248 g/mol. The molecule has 4 nitrogen and oxygen atoms in total. The van der Waals surface area contributed by atoms with Gasteiger partial charge in [0.05, 0.1) is 17.4 Å². The highest BCUT2D eigenvalue weighted by molar-refractivity contribution is 7.09. The summed E-state index contributed by atoms with van der Waals surface area (Å²) in [7, 11) is 0. The molecule has 3 N–H and O–H groups in total. The molecule has 2 aromatic rings. The van der Waals surface area contributed by atoms with Crippen LogP contribution in [-0.2, 0) is 6.54 Å². The van der Waals surface area contributed by atoms with Crippen molar-refractivity contribution >= 4 is 17.0 Å². The highest BCUT2D eigenvalue weighted by Gasteiger charge is 2.11. The summed E-state index contributed by atoms with van der Waals surface area (Å²) in [6, 6.07) is 3.99. The van der Waals surface area contributed by atoms with Gasteiger partial charge in [0, 0.05) is 24.3 Å². The zero-order chi connectivity index (χ0) is 12.1. The first-order chi connectivity index (χ1) is 8.31. The SMILES string of the molecule is CCC(NCc1ncccc1N)c1nccs1.